The van der Waals surface area contributed by atoms with Crippen LogP contribution in [0.1, 0.15) is 17.3 Å². The van der Waals surface area contributed by atoms with E-state index in [9.17, 15) is 4.79 Å². The van der Waals surface area contributed by atoms with Gasteiger partial charge in [-0.1, -0.05) is 41.7 Å². The fourth-order valence-corrected chi connectivity index (χ4v) is 8.55. The Balaban J connectivity index is 1.14. The maximum atomic E-state index is 12.8. The Hall–Kier alpha value is -3.32. The number of fused-ring (bicyclic) bond motifs is 2. The number of H-pyrrole nitrogens is 1. The largest absolute Gasteiger partial charge is 0.383 e. The molecular weight excluding hydrogens is 619 g/mol. The molecule has 0 spiro atoms. The molecule has 0 amide bonds. The maximum Gasteiger partial charge on any atom is 0.250 e. The fraction of sp³-hybridized carbons (Fsp3) is 0.371. The SMILES string of the molecule is COCCN1CCOC(C(Nc2ccc3c(c2)Sc2cccc(-c4cc(N5CCOCC5)cc(=O)[nH]4)c2S3)c2ccc(C)cn2)C1. The normalized spacial score (nSPS) is 18.9. The minimum atomic E-state index is -0.111. The minimum absolute atomic E-state index is 0.0578. The molecule has 2 aromatic carbocycles. The van der Waals surface area contributed by atoms with Gasteiger partial charge >= 0.3 is 0 Å². The van der Waals surface area contributed by atoms with Crippen LogP contribution in [0.2, 0.25) is 0 Å². The van der Waals surface area contributed by atoms with Crippen LogP contribution in [0.4, 0.5) is 11.4 Å². The molecule has 2 saturated heterocycles. The molecule has 2 aromatic heterocycles. The second-order valence-corrected chi connectivity index (χ2v) is 13.9. The van der Waals surface area contributed by atoms with Crippen molar-refractivity contribution in [3.8, 4) is 11.3 Å². The number of benzene rings is 2. The summed E-state index contributed by atoms with van der Waals surface area (Å²) in [6, 6.07) is 20.8. The Morgan fingerprint density at radius 2 is 1.91 bits per heavy atom. The zero-order chi connectivity index (χ0) is 31.5. The summed E-state index contributed by atoms with van der Waals surface area (Å²) in [5.41, 5.74) is 5.83. The molecule has 2 unspecified atom stereocenters. The second kappa shape index (κ2) is 14.2. The average Bonchev–Trinajstić information content (AvgIpc) is 3.09. The van der Waals surface area contributed by atoms with Crippen LogP contribution in [0, 0.1) is 6.92 Å². The van der Waals surface area contributed by atoms with E-state index < -0.39 is 0 Å². The van der Waals surface area contributed by atoms with E-state index >= 15 is 0 Å². The number of aryl methyl sites for hydroxylation is 1. The summed E-state index contributed by atoms with van der Waals surface area (Å²) < 4.78 is 17.2. The van der Waals surface area contributed by atoms with Crippen LogP contribution < -0.4 is 15.8 Å². The molecule has 2 atom stereocenters. The molecule has 5 heterocycles. The average molecular weight is 658 g/mol. The lowest BCUT2D eigenvalue weighted by molar-refractivity contribution is -0.0431. The van der Waals surface area contributed by atoms with Gasteiger partial charge in [0.2, 0.25) is 5.56 Å². The first kappa shape index (κ1) is 31.3. The summed E-state index contributed by atoms with van der Waals surface area (Å²) in [5.74, 6) is 0. The van der Waals surface area contributed by atoms with Gasteiger partial charge in [0.15, 0.2) is 0 Å². The van der Waals surface area contributed by atoms with Crippen molar-refractivity contribution in [3.63, 3.8) is 0 Å². The van der Waals surface area contributed by atoms with E-state index in [4.69, 9.17) is 19.2 Å². The summed E-state index contributed by atoms with van der Waals surface area (Å²) in [5, 5.41) is 3.79. The molecule has 240 valence electrons. The van der Waals surface area contributed by atoms with Crippen molar-refractivity contribution in [3.05, 3.63) is 88.5 Å². The van der Waals surface area contributed by atoms with E-state index in [1.54, 1.807) is 36.7 Å². The Morgan fingerprint density at radius 1 is 1.02 bits per heavy atom. The van der Waals surface area contributed by atoms with Gasteiger partial charge in [0.05, 0.1) is 50.0 Å². The van der Waals surface area contributed by atoms with Crippen LogP contribution in [-0.2, 0) is 14.2 Å². The number of ether oxygens (including phenoxy) is 3. The third kappa shape index (κ3) is 7.00. The van der Waals surface area contributed by atoms with Crippen LogP contribution in [0.5, 0.6) is 0 Å². The first-order chi connectivity index (χ1) is 22.5. The molecule has 3 aliphatic rings. The molecule has 0 saturated carbocycles. The number of hydrogen-bond acceptors (Lipinski definition) is 10. The van der Waals surface area contributed by atoms with Crippen LogP contribution in [0.15, 0.2) is 91.2 Å². The van der Waals surface area contributed by atoms with Crippen molar-refractivity contribution in [1.82, 2.24) is 14.9 Å². The van der Waals surface area contributed by atoms with Crippen molar-refractivity contribution >= 4 is 34.9 Å². The van der Waals surface area contributed by atoms with E-state index in [1.165, 1.54) is 14.7 Å². The van der Waals surface area contributed by atoms with E-state index in [1.807, 2.05) is 6.20 Å². The quantitative estimate of drug-likeness (QED) is 0.206. The van der Waals surface area contributed by atoms with Gasteiger partial charge in [0.25, 0.3) is 0 Å². The predicted octanol–water partition coefficient (Wildman–Crippen LogP) is 5.70. The zero-order valence-electron chi connectivity index (χ0n) is 26.2. The minimum Gasteiger partial charge on any atom is -0.383 e. The van der Waals surface area contributed by atoms with Crippen LogP contribution in [-0.4, -0.2) is 87.2 Å². The highest BCUT2D eigenvalue weighted by Gasteiger charge is 2.31. The summed E-state index contributed by atoms with van der Waals surface area (Å²) in [6.45, 7) is 8.92. The molecule has 46 heavy (non-hydrogen) atoms. The molecule has 11 heteroatoms. The first-order valence-electron chi connectivity index (χ1n) is 15.8. The van der Waals surface area contributed by atoms with Gasteiger partial charge < -0.3 is 29.4 Å². The van der Waals surface area contributed by atoms with Crippen molar-refractivity contribution in [2.75, 3.05) is 76.5 Å². The Kier molecular flexibility index (Phi) is 9.66. The van der Waals surface area contributed by atoms with Crippen molar-refractivity contribution in [1.29, 1.82) is 0 Å². The van der Waals surface area contributed by atoms with Crippen molar-refractivity contribution in [2.24, 2.45) is 0 Å². The van der Waals surface area contributed by atoms with Gasteiger partial charge in [-0.2, -0.15) is 0 Å². The maximum absolute atomic E-state index is 12.8. The molecule has 3 aliphatic heterocycles. The van der Waals surface area contributed by atoms with Gasteiger partial charge in [-0.25, -0.2) is 0 Å². The van der Waals surface area contributed by atoms with Crippen LogP contribution in [0.25, 0.3) is 11.3 Å². The fourth-order valence-electron chi connectivity index (χ4n) is 6.14. The highest BCUT2D eigenvalue weighted by atomic mass is 32.2. The van der Waals surface area contributed by atoms with Gasteiger partial charge in [-0.05, 0) is 48.9 Å². The number of hydrogen-bond donors (Lipinski definition) is 2. The third-order valence-electron chi connectivity index (χ3n) is 8.59. The Morgan fingerprint density at radius 3 is 2.74 bits per heavy atom. The number of anilines is 2. The molecule has 4 aromatic rings. The summed E-state index contributed by atoms with van der Waals surface area (Å²) in [6.07, 6.45) is 1.87. The molecule has 7 rings (SSSR count). The van der Waals surface area contributed by atoms with Gasteiger partial charge in [0.1, 0.15) is 0 Å². The van der Waals surface area contributed by atoms with Crippen LogP contribution >= 0.6 is 23.5 Å². The van der Waals surface area contributed by atoms with Gasteiger partial charge in [0, 0.05) is 88.6 Å². The van der Waals surface area contributed by atoms with Gasteiger partial charge in [-0.3, -0.25) is 14.7 Å². The number of pyridine rings is 2. The van der Waals surface area contributed by atoms with Crippen molar-refractivity contribution < 1.29 is 14.2 Å². The molecule has 2 N–H and O–H groups in total. The lowest BCUT2D eigenvalue weighted by atomic mass is 10.0. The second-order valence-electron chi connectivity index (χ2n) is 11.8. The Labute approximate surface area is 278 Å². The molecule has 0 aliphatic carbocycles. The third-order valence-corrected chi connectivity index (χ3v) is 11.2. The van der Waals surface area contributed by atoms with E-state index in [0.29, 0.717) is 26.4 Å². The number of methoxy groups -OCH3 is 1. The number of rotatable bonds is 9. The Bertz CT molecular complexity index is 1730. The highest BCUT2D eigenvalue weighted by molar-refractivity contribution is 8.05. The number of nitrogens with one attached hydrogen (secondary N) is 2. The number of aromatic amines is 1. The lowest BCUT2D eigenvalue weighted by Crippen LogP contribution is -2.47. The molecule has 0 bridgehead atoms. The highest BCUT2D eigenvalue weighted by Crippen LogP contribution is 2.52. The summed E-state index contributed by atoms with van der Waals surface area (Å²) in [7, 11) is 1.75. The van der Waals surface area contributed by atoms with Crippen LogP contribution in [0.3, 0.4) is 0 Å². The van der Waals surface area contributed by atoms with E-state index in [-0.39, 0.29) is 17.7 Å². The smallest absolute Gasteiger partial charge is 0.250 e. The zero-order valence-corrected chi connectivity index (χ0v) is 27.8. The predicted molar refractivity (Wildman–Crippen MR) is 184 cm³/mol. The molecule has 9 nitrogen and oxygen atoms in total. The standard InChI is InChI=1S/C35H39N5O4S2/c1-23-6-8-27(36-21-23)34(29-22-39(10-14-42-2)11-17-44-29)37-24-7-9-30-32(18-24)45-31-5-3-4-26(35(31)46-30)28-19-25(20-33(41)38-28)40-12-15-43-16-13-40/h3-9,18-21,29,34,37H,10-17,22H2,1-2H3,(H,38,41). The van der Waals surface area contributed by atoms with E-state index in [0.717, 1.165) is 71.5 Å². The number of nitrogens with zero attached hydrogens (tertiary/aromatic N) is 3. The monoisotopic (exact) mass is 657 g/mol. The summed E-state index contributed by atoms with van der Waals surface area (Å²) >= 11 is 3.52. The first-order valence-corrected chi connectivity index (χ1v) is 17.4. The number of aromatic nitrogens is 2. The van der Waals surface area contributed by atoms with Crippen molar-refractivity contribution in [2.45, 2.75) is 38.7 Å². The summed E-state index contributed by atoms with van der Waals surface area (Å²) in [4.78, 5) is 30.0. The molecular formula is C35H39N5O4S2. The number of morpholine rings is 2. The molecule has 2 fully saturated rings. The topological polar surface area (TPSA) is 92.0 Å². The van der Waals surface area contributed by atoms with E-state index in [2.05, 4.69) is 81.6 Å². The lowest BCUT2D eigenvalue weighted by Gasteiger charge is -2.37. The molecule has 0 radical (unpaired) electrons. The van der Waals surface area contributed by atoms with Gasteiger partial charge in [-0.15, -0.1) is 0 Å².